The maximum Gasteiger partial charge on any atom is 0.350 e. The van der Waals surface area contributed by atoms with E-state index in [-0.39, 0.29) is 60.9 Å². The van der Waals surface area contributed by atoms with E-state index in [0.29, 0.717) is 5.56 Å². The molecule has 0 aliphatic rings. The summed E-state index contributed by atoms with van der Waals surface area (Å²) in [6.07, 6.45) is 3.11. The quantitative estimate of drug-likeness (QED) is 0.101. The number of carboxylic acid groups (broad SMARTS) is 1. The second-order valence-electron chi connectivity index (χ2n) is 8.87. The number of nitrogens with one attached hydrogen (secondary N) is 2. The van der Waals surface area contributed by atoms with Crippen molar-refractivity contribution in [2.75, 3.05) is 33.6 Å². The number of aromatic nitrogens is 5. The number of halogens is 2. The van der Waals surface area contributed by atoms with Crippen molar-refractivity contribution in [1.29, 1.82) is 5.41 Å². The second kappa shape index (κ2) is 15.7. The fourth-order valence-corrected chi connectivity index (χ4v) is 3.87. The molecule has 0 spiro atoms. The normalized spacial score (nSPS) is 11.3. The summed E-state index contributed by atoms with van der Waals surface area (Å²) in [5.74, 6) is -2.23. The lowest BCUT2D eigenvalue weighted by Gasteiger charge is -2.19. The van der Waals surface area contributed by atoms with Gasteiger partial charge < -0.3 is 25.1 Å². The van der Waals surface area contributed by atoms with Crippen molar-refractivity contribution in [2.24, 2.45) is 5.73 Å². The summed E-state index contributed by atoms with van der Waals surface area (Å²) in [6, 6.07) is 11.2. The van der Waals surface area contributed by atoms with E-state index in [9.17, 15) is 9.18 Å². The molecule has 15 heteroatoms. The smallest absolute Gasteiger partial charge is 0.350 e. The molecule has 1 atom stereocenters. The van der Waals surface area contributed by atoms with E-state index in [1.54, 1.807) is 30.3 Å². The van der Waals surface area contributed by atoms with Crippen molar-refractivity contribution in [3.8, 4) is 17.4 Å². The maximum atomic E-state index is 15.9. The zero-order chi connectivity index (χ0) is 31.4. The van der Waals surface area contributed by atoms with Crippen molar-refractivity contribution in [3.05, 3.63) is 93.7 Å². The first-order valence-electron chi connectivity index (χ1n) is 12.9. The van der Waals surface area contributed by atoms with Crippen molar-refractivity contribution >= 4 is 11.8 Å². The molecule has 0 saturated carbocycles. The number of amidine groups is 1. The van der Waals surface area contributed by atoms with Crippen LogP contribution in [-0.4, -0.2) is 75.2 Å². The molecule has 0 saturated heterocycles. The van der Waals surface area contributed by atoms with Gasteiger partial charge in [-0.1, -0.05) is 24.3 Å². The zero-order valence-corrected chi connectivity index (χ0v) is 23.4. The van der Waals surface area contributed by atoms with Crippen LogP contribution in [0.5, 0.6) is 11.5 Å². The molecule has 1 unspecified atom stereocenters. The van der Waals surface area contributed by atoms with Gasteiger partial charge in [0.15, 0.2) is 11.6 Å². The molecule has 2 aromatic heterocycles. The van der Waals surface area contributed by atoms with Gasteiger partial charge in [0.05, 0.1) is 12.5 Å². The number of nitrogens with zero attached hydrogens (tertiary/aromatic N) is 4. The summed E-state index contributed by atoms with van der Waals surface area (Å²) in [5.41, 5.74) is 6.32. The maximum absolute atomic E-state index is 15.9. The molecule has 4 aromatic rings. The topological polar surface area (TPSA) is 191 Å². The minimum atomic E-state index is -0.843. The first-order valence-corrected chi connectivity index (χ1v) is 12.9. The number of hydrogen-bond donors (Lipinski definition) is 4. The van der Waals surface area contributed by atoms with Crippen LogP contribution in [0, 0.1) is 11.2 Å². The van der Waals surface area contributed by atoms with Crippen LogP contribution >= 0.6 is 0 Å². The number of rotatable bonds is 13. The molecule has 0 fully saturated rings. The summed E-state index contributed by atoms with van der Waals surface area (Å²) in [5, 5.41) is 19.4. The summed E-state index contributed by atoms with van der Waals surface area (Å²) in [7, 11) is 1.49. The van der Waals surface area contributed by atoms with Crippen molar-refractivity contribution in [3.63, 3.8) is 0 Å². The van der Waals surface area contributed by atoms with E-state index in [1.807, 2.05) is 0 Å². The van der Waals surface area contributed by atoms with Gasteiger partial charge in [0, 0.05) is 43.6 Å². The van der Waals surface area contributed by atoms with E-state index >= 15 is 4.39 Å². The highest BCUT2D eigenvalue weighted by Crippen LogP contribution is 2.36. The number of benzene rings is 2. The lowest BCUT2D eigenvalue weighted by Crippen LogP contribution is -2.18. The van der Waals surface area contributed by atoms with Gasteiger partial charge in [0.2, 0.25) is 0 Å². The third kappa shape index (κ3) is 9.16. The predicted molar refractivity (Wildman–Crippen MR) is 151 cm³/mol. The van der Waals surface area contributed by atoms with E-state index in [2.05, 4.69) is 20.1 Å². The van der Waals surface area contributed by atoms with E-state index in [0.717, 1.165) is 17.2 Å². The van der Waals surface area contributed by atoms with Gasteiger partial charge in [0.25, 0.3) is 11.9 Å². The monoisotopic (exact) mass is 599 g/mol. The Hall–Kier alpha value is -5.18. The standard InChI is InChI=1S/C26H27F2N7O4.C2H4O2/c1-37-11-12-39-21-15-18(38-10-7-27)14-19(22(21)28)20(13-16-3-5-17(6-4-16)23(29)30)24-33-26(36)35(34-24)25-31-8-2-9-32-25;1-2(3)4/h2-6,8-9,14-15,20H,7,10-13H2,1H3,(H3,29,30)(H,33,34,36);1H3,(H,3,4). The van der Waals surface area contributed by atoms with Gasteiger partial charge in [-0.05, 0) is 24.1 Å². The largest absolute Gasteiger partial charge is 0.491 e. The number of aromatic amines is 1. The molecule has 5 N–H and O–H groups in total. The lowest BCUT2D eigenvalue weighted by atomic mass is 9.90. The van der Waals surface area contributed by atoms with Crippen LogP contribution < -0.4 is 20.9 Å². The third-order valence-corrected chi connectivity index (χ3v) is 5.72. The molecular formula is C28H31F2N7O6. The van der Waals surface area contributed by atoms with Crippen molar-refractivity contribution in [2.45, 2.75) is 19.3 Å². The number of carboxylic acids is 1. The molecule has 0 aliphatic heterocycles. The van der Waals surface area contributed by atoms with Gasteiger partial charge >= 0.3 is 5.69 Å². The van der Waals surface area contributed by atoms with Gasteiger partial charge in [-0.2, -0.15) is 0 Å². The van der Waals surface area contributed by atoms with Gasteiger partial charge in [-0.3, -0.25) is 15.2 Å². The highest BCUT2D eigenvalue weighted by Gasteiger charge is 2.27. The number of aliphatic carboxylic acids is 1. The van der Waals surface area contributed by atoms with Crippen LogP contribution in [0.4, 0.5) is 8.78 Å². The molecular weight excluding hydrogens is 568 g/mol. The number of H-pyrrole nitrogens is 1. The highest BCUT2D eigenvalue weighted by atomic mass is 19.1. The molecule has 2 heterocycles. The average molecular weight is 600 g/mol. The summed E-state index contributed by atoms with van der Waals surface area (Å²) in [6.45, 7) is 0.377. The number of methoxy groups -OCH3 is 1. The van der Waals surface area contributed by atoms with Gasteiger partial charge in [-0.25, -0.2) is 23.5 Å². The van der Waals surface area contributed by atoms with Crippen LogP contribution in [0.2, 0.25) is 0 Å². The minimum Gasteiger partial charge on any atom is -0.491 e. The van der Waals surface area contributed by atoms with E-state index < -0.39 is 30.1 Å². The summed E-state index contributed by atoms with van der Waals surface area (Å²) < 4.78 is 45.9. The fourth-order valence-electron chi connectivity index (χ4n) is 3.87. The van der Waals surface area contributed by atoms with Crippen LogP contribution in [0.3, 0.4) is 0 Å². The first kappa shape index (κ1) is 32.3. The highest BCUT2D eigenvalue weighted by molar-refractivity contribution is 5.94. The molecule has 0 amide bonds. The summed E-state index contributed by atoms with van der Waals surface area (Å²) >= 11 is 0. The van der Waals surface area contributed by atoms with Crippen molar-refractivity contribution in [1.82, 2.24) is 24.7 Å². The number of hydrogen-bond acceptors (Lipinski definition) is 9. The number of nitrogen functional groups attached to an aromatic ring is 1. The van der Waals surface area contributed by atoms with Crippen LogP contribution in [0.15, 0.2) is 59.7 Å². The number of ether oxygens (including phenoxy) is 3. The van der Waals surface area contributed by atoms with Gasteiger partial charge in [-0.15, -0.1) is 9.78 Å². The van der Waals surface area contributed by atoms with Crippen molar-refractivity contribution < 1.29 is 32.9 Å². The Morgan fingerprint density at radius 1 is 1.14 bits per heavy atom. The fraction of sp³-hybridized carbons (Fsp3) is 0.286. The Balaban J connectivity index is 0.00000119. The van der Waals surface area contributed by atoms with E-state index in [4.69, 9.17) is 35.3 Å². The Labute approximate surface area is 244 Å². The van der Waals surface area contributed by atoms with E-state index in [1.165, 1.54) is 31.6 Å². The second-order valence-corrected chi connectivity index (χ2v) is 8.87. The number of carbonyl (C=O) groups is 1. The first-order chi connectivity index (χ1) is 20.6. The molecule has 0 aliphatic carbocycles. The molecule has 4 rings (SSSR count). The minimum absolute atomic E-state index is 0.0404. The molecule has 0 radical (unpaired) electrons. The third-order valence-electron chi connectivity index (χ3n) is 5.72. The van der Waals surface area contributed by atoms with Crippen LogP contribution in [0.25, 0.3) is 5.95 Å². The van der Waals surface area contributed by atoms with Gasteiger partial charge in [0.1, 0.15) is 37.3 Å². The summed E-state index contributed by atoms with van der Waals surface area (Å²) in [4.78, 5) is 32.6. The number of alkyl halides is 1. The molecule has 43 heavy (non-hydrogen) atoms. The average Bonchev–Trinajstić information content (AvgIpc) is 3.37. The Kier molecular flexibility index (Phi) is 11.8. The zero-order valence-electron chi connectivity index (χ0n) is 23.4. The predicted octanol–water partition coefficient (Wildman–Crippen LogP) is 2.61. The van der Waals surface area contributed by atoms with Crippen LogP contribution in [0.1, 0.15) is 35.4 Å². The Morgan fingerprint density at radius 2 is 1.81 bits per heavy atom. The molecule has 2 aromatic carbocycles. The molecule has 228 valence electrons. The number of nitrogens with two attached hydrogens (primary N) is 1. The Bertz CT molecular complexity index is 1560. The molecule has 13 nitrogen and oxygen atoms in total. The Morgan fingerprint density at radius 3 is 2.42 bits per heavy atom. The lowest BCUT2D eigenvalue weighted by molar-refractivity contribution is -0.134. The SMILES string of the molecule is CC(=O)O.COCCOc1cc(OCCF)cc(C(Cc2ccc(C(=N)N)cc2)c2nn(-c3ncccn3)c(=O)[nH]2)c1F. The van der Waals surface area contributed by atoms with Crippen LogP contribution in [-0.2, 0) is 16.0 Å². The molecule has 0 bridgehead atoms.